The third-order valence-electron chi connectivity index (χ3n) is 2.17. The molecule has 1 rings (SSSR count). The van der Waals surface area contributed by atoms with Crippen molar-refractivity contribution in [3.63, 3.8) is 0 Å². The number of halogens is 1. The molecule has 0 saturated heterocycles. The van der Waals surface area contributed by atoms with E-state index in [1.165, 1.54) is 0 Å². The molecule has 0 aliphatic rings. The van der Waals surface area contributed by atoms with Crippen molar-refractivity contribution in [3.05, 3.63) is 28.2 Å². The molecule has 3 nitrogen and oxygen atoms in total. The Balaban J connectivity index is 2.86. The standard InChI is InChI=1S/C11H12BrNO2/c1-8(6-13-7-14)9-3-4-11(15-2)10(12)5-9/h3-5,8H,6H2,1-2H3. The Morgan fingerprint density at radius 1 is 1.60 bits per heavy atom. The number of benzene rings is 1. The molecule has 1 aromatic rings. The number of aliphatic imine (C=N–C) groups is 1. The molecule has 0 heterocycles. The van der Waals surface area contributed by atoms with Gasteiger partial charge in [0, 0.05) is 5.92 Å². The first kappa shape index (κ1) is 12.0. The minimum Gasteiger partial charge on any atom is -0.496 e. The normalized spacial score (nSPS) is 11.7. The van der Waals surface area contributed by atoms with Gasteiger partial charge in [-0.15, -0.1) is 0 Å². The largest absolute Gasteiger partial charge is 0.496 e. The Labute approximate surface area is 97.3 Å². The zero-order valence-corrected chi connectivity index (χ0v) is 10.2. The maximum Gasteiger partial charge on any atom is 0.234 e. The number of rotatable bonds is 4. The number of ether oxygens (including phenoxy) is 1. The summed E-state index contributed by atoms with van der Waals surface area (Å²) in [7, 11) is 1.62. The van der Waals surface area contributed by atoms with Crippen molar-refractivity contribution in [2.45, 2.75) is 12.8 Å². The molecule has 0 fully saturated rings. The van der Waals surface area contributed by atoms with Gasteiger partial charge < -0.3 is 4.74 Å². The van der Waals surface area contributed by atoms with Gasteiger partial charge in [-0.05, 0) is 33.6 Å². The van der Waals surface area contributed by atoms with Crippen LogP contribution < -0.4 is 4.74 Å². The minimum absolute atomic E-state index is 0.202. The van der Waals surface area contributed by atoms with Crippen LogP contribution in [0.25, 0.3) is 0 Å². The van der Waals surface area contributed by atoms with Gasteiger partial charge in [-0.1, -0.05) is 13.0 Å². The Morgan fingerprint density at radius 2 is 2.33 bits per heavy atom. The van der Waals surface area contributed by atoms with Crippen LogP contribution in [0.3, 0.4) is 0 Å². The third-order valence-corrected chi connectivity index (χ3v) is 2.79. The van der Waals surface area contributed by atoms with Gasteiger partial charge in [-0.3, -0.25) is 0 Å². The van der Waals surface area contributed by atoms with Crippen LogP contribution in [0.1, 0.15) is 18.4 Å². The molecule has 80 valence electrons. The monoisotopic (exact) mass is 269 g/mol. The van der Waals surface area contributed by atoms with Crippen molar-refractivity contribution in [2.24, 2.45) is 4.99 Å². The van der Waals surface area contributed by atoms with Gasteiger partial charge in [0.1, 0.15) is 5.75 Å². The second kappa shape index (κ2) is 5.69. The average Bonchev–Trinajstić information content (AvgIpc) is 2.25. The van der Waals surface area contributed by atoms with Crippen molar-refractivity contribution in [1.82, 2.24) is 0 Å². The molecule has 0 N–H and O–H groups in total. The van der Waals surface area contributed by atoms with Gasteiger partial charge in [-0.2, -0.15) is 0 Å². The van der Waals surface area contributed by atoms with E-state index in [4.69, 9.17) is 4.74 Å². The second-order valence-electron chi connectivity index (χ2n) is 3.23. The Morgan fingerprint density at radius 3 is 2.87 bits per heavy atom. The predicted molar refractivity (Wildman–Crippen MR) is 62.1 cm³/mol. The number of methoxy groups -OCH3 is 1. The molecule has 1 atom stereocenters. The van der Waals surface area contributed by atoms with Crippen LogP contribution in [0.2, 0.25) is 0 Å². The first-order valence-corrected chi connectivity index (χ1v) is 5.35. The Bertz CT molecular complexity index is 386. The topological polar surface area (TPSA) is 38.7 Å². The van der Waals surface area contributed by atoms with Crippen LogP contribution in [0.4, 0.5) is 0 Å². The van der Waals surface area contributed by atoms with Gasteiger partial charge in [0.25, 0.3) is 0 Å². The van der Waals surface area contributed by atoms with E-state index in [0.717, 1.165) is 15.8 Å². The summed E-state index contributed by atoms with van der Waals surface area (Å²) in [5.74, 6) is 0.999. The quantitative estimate of drug-likeness (QED) is 0.623. The van der Waals surface area contributed by atoms with Crippen molar-refractivity contribution in [1.29, 1.82) is 0 Å². The molecular formula is C11H12BrNO2. The number of nitrogens with zero attached hydrogens (tertiary/aromatic N) is 1. The molecule has 0 bridgehead atoms. The SMILES string of the molecule is COc1ccc(C(C)CN=C=O)cc1Br. The molecule has 0 saturated carbocycles. The van der Waals surface area contributed by atoms with Gasteiger partial charge in [-0.25, -0.2) is 9.79 Å². The Kier molecular flexibility index (Phi) is 4.53. The second-order valence-corrected chi connectivity index (χ2v) is 4.08. The molecule has 1 aromatic carbocycles. The first-order valence-electron chi connectivity index (χ1n) is 4.56. The summed E-state index contributed by atoms with van der Waals surface area (Å²) in [4.78, 5) is 13.6. The lowest BCUT2D eigenvalue weighted by atomic mass is 10.0. The fraction of sp³-hybridized carbons (Fsp3) is 0.364. The zero-order valence-electron chi connectivity index (χ0n) is 8.66. The molecule has 0 spiro atoms. The van der Waals surface area contributed by atoms with E-state index in [1.807, 2.05) is 25.1 Å². The predicted octanol–water partition coefficient (Wildman–Crippen LogP) is 2.90. The number of hydrogen-bond acceptors (Lipinski definition) is 3. The lowest BCUT2D eigenvalue weighted by Crippen LogP contribution is -1.98. The van der Waals surface area contributed by atoms with Crippen molar-refractivity contribution >= 4 is 22.0 Å². The lowest BCUT2D eigenvalue weighted by Gasteiger charge is -2.10. The molecule has 1 unspecified atom stereocenters. The van der Waals surface area contributed by atoms with Gasteiger partial charge in [0.05, 0.1) is 18.1 Å². The molecule has 15 heavy (non-hydrogen) atoms. The highest BCUT2D eigenvalue weighted by molar-refractivity contribution is 9.10. The highest BCUT2D eigenvalue weighted by Gasteiger charge is 2.07. The van der Waals surface area contributed by atoms with E-state index in [1.54, 1.807) is 13.2 Å². The summed E-state index contributed by atoms with van der Waals surface area (Å²) >= 11 is 3.41. The molecule has 0 aliphatic carbocycles. The van der Waals surface area contributed by atoms with E-state index < -0.39 is 0 Å². The van der Waals surface area contributed by atoms with E-state index in [0.29, 0.717) is 6.54 Å². The molecule has 0 amide bonds. The summed E-state index contributed by atoms with van der Waals surface area (Å²) in [5.41, 5.74) is 1.11. The van der Waals surface area contributed by atoms with E-state index in [9.17, 15) is 4.79 Å². The summed E-state index contributed by atoms with van der Waals surface area (Å²) in [6.45, 7) is 2.47. The maximum absolute atomic E-state index is 9.99. The highest BCUT2D eigenvalue weighted by Crippen LogP contribution is 2.28. The first-order chi connectivity index (χ1) is 7.19. The third kappa shape index (κ3) is 3.18. The minimum atomic E-state index is 0.202. The maximum atomic E-state index is 9.99. The highest BCUT2D eigenvalue weighted by atomic mass is 79.9. The summed E-state index contributed by atoms with van der Waals surface area (Å²) in [6, 6.07) is 5.83. The van der Waals surface area contributed by atoms with Gasteiger partial charge in [0.15, 0.2) is 0 Å². The average molecular weight is 270 g/mol. The fourth-order valence-corrected chi connectivity index (χ4v) is 1.83. The zero-order chi connectivity index (χ0) is 11.3. The van der Waals surface area contributed by atoms with Crippen LogP contribution in [-0.2, 0) is 4.79 Å². The van der Waals surface area contributed by atoms with Crippen LogP contribution in [-0.4, -0.2) is 19.7 Å². The molecule has 0 aromatic heterocycles. The van der Waals surface area contributed by atoms with E-state index in [2.05, 4.69) is 20.9 Å². The van der Waals surface area contributed by atoms with Crippen LogP contribution in [0, 0.1) is 0 Å². The summed E-state index contributed by atoms with van der Waals surface area (Å²) in [5, 5.41) is 0. The van der Waals surface area contributed by atoms with Crippen molar-refractivity contribution < 1.29 is 9.53 Å². The van der Waals surface area contributed by atoms with E-state index in [-0.39, 0.29) is 5.92 Å². The number of isocyanates is 1. The summed E-state index contributed by atoms with van der Waals surface area (Å²) < 4.78 is 6.04. The van der Waals surface area contributed by atoms with E-state index >= 15 is 0 Å². The van der Waals surface area contributed by atoms with Crippen LogP contribution in [0.5, 0.6) is 5.75 Å². The lowest BCUT2D eigenvalue weighted by molar-refractivity contribution is 0.412. The molecule has 0 radical (unpaired) electrons. The number of carbonyl (C=O) groups excluding carboxylic acids is 1. The molecular weight excluding hydrogens is 258 g/mol. The van der Waals surface area contributed by atoms with Crippen molar-refractivity contribution in [2.75, 3.05) is 13.7 Å². The smallest absolute Gasteiger partial charge is 0.234 e. The summed E-state index contributed by atoms with van der Waals surface area (Å²) in [6.07, 6.45) is 1.54. The molecule has 4 heteroatoms. The van der Waals surface area contributed by atoms with Gasteiger partial charge >= 0.3 is 0 Å². The van der Waals surface area contributed by atoms with Crippen LogP contribution in [0.15, 0.2) is 27.7 Å². The fourth-order valence-electron chi connectivity index (χ4n) is 1.27. The van der Waals surface area contributed by atoms with Crippen LogP contribution >= 0.6 is 15.9 Å². The van der Waals surface area contributed by atoms with Gasteiger partial charge in [0.2, 0.25) is 6.08 Å². The van der Waals surface area contributed by atoms with Crippen molar-refractivity contribution in [3.8, 4) is 5.75 Å². The number of hydrogen-bond donors (Lipinski definition) is 0. The molecule has 0 aliphatic heterocycles. The Hall–Kier alpha value is -1.12.